The molecule has 3 rings (SSSR count). The largest absolute Gasteiger partial charge is 0.381 e. The molecule has 0 aromatic heterocycles. The topological polar surface area (TPSA) is 50.4 Å². The summed E-state index contributed by atoms with van der Waals surface area (Å²) in [5.74, 6) is 1.01. The first-order valence-electron chi connectivity index (χ1n) is 9.93. The highest BCUT2D eigenvalue weighted by Crippen LogP contribution is 2.32. The monoisotopic (exact) mass is 362 g/mol. The molecule has 1 unspecified atom stereocenters. The Labute approximate surface area is 155 Å². The minimum Gasteiger partial charge on any atom is -0.381 e. The predicted octanol–water partition coefficient (Wildman–Crippen LogP) is 4.07. The molecule has 2 N–H and O–H groups in total. The number of nitrogens with one attached hydrogen (secondary N) is 2. The van der Waals surface area contributed by atoms with Crippen LogP contribution in [-0.2, 0) is 9.53 Å². The Morgan fingerprint density at radius 2 is 1.85 bits per heavy atom. The number of ether oxygens (including phenoxy) is 1. The average molecular weight is 362 g/mol. The van der Waals surface area contributed by atoms with Gasteiger partial charge in [0, 0.05) is 18.9 Å². The Balaban J connectivity index is 1.63. The average Bonchev–Trinajstić information content (AvgIpc) is 2.65. The van der Waals surface area contributed by atoms with Gasteiger partial charge in [-0.2, -0.15) is 0 Å². The van der Waals surface area contributed by atoms with E-state index < -0.39 is 0 Å². The quantitative estimate of drug-likeness (QED) is 0.830. The number of hydrogen-bond donors (Lipinski definition) is 2. The third-order valence-electron chi connectivity index (χ3n) is 6.05. The second-order valence-electron chi connectivity index (χ2n) is 7.90. The molecule has 1 heterocycles. The summed E-state index contributed by atoms with van der Waals surface area (Å²) in [4.78, 5) is 12.7. The van der Waals surface area contributed by atoms with E-state index in [1.54, 1.807) is 0 Å². The van der Waals surface area contributed by atoms with Gasteiger partial charge in [-0.25, -0.2) is 4.39 Å². The van der Waals surface area contributed by atoms with Gasteiger partial charge < -0.3 is 15.4 Å². The predicted molar refractivity (Wildman–Crippen MR) is 102 cm³/mol. The van der Waals surface area contributed by atoms with Crippen LogP contribution in [0.4, 0.5) is 10.1 Å². The molecule has 2 aliphatic rings. The number of anilines is 1. The van der Waals surface area contributed by atoms with E-state index in [1.807, 2.05) is 19.2 Å². The summed E-state index contributed by atoms with van der Waals surface area (Å²) >= 11 is 0. The van der Waals surface area contributed by atoms with Crippen LogP contribution in [0, 0.1) is 17.7 Å². The molecule has 1 saturated carbocycles. The minimum absolute atomic E-state index is 0.0646. The summed E-state index contributed by atoms with van der Waals surface area (Å²) in [6.07, 6.45) is 6.18. The van der Waals surface area contributed by atoms with Crippen molar-refractivity contribution in [3.05, 3.63) is 29.6 Å². The SMILES string of the molecule is CNC(C(=O)Nc1ccc(C2CCOCC2)c(F)c1)C1CCC(C)CC1. The Morgan fingerprint density at radius 1 is 1.15 bits per heavy atom. The summed E-state index contributed by atoms with van der Waals surface area (Å²) in [5.41, 5.74) is 1.27. The third kappa shape index (κ3) is 4.63. The molecular weight excluding hydrogens is 331 g/mol. The lowest BCUT2D eigenvalue weighted by Crippen LogP contribution is -2.45. The van der Waals surface area contributed by atoms with Crippen LogP contribution in [0.5, 0.6) is 0 Å². The van der Waals surface area contributed by atoms with Crippen molar-refractivity contribution < 1.29 is 13.9 Å². The van der Waals surface area contributed by atoms with Crippen LogP contribution in [0.1, 0.15) is 56.9 Å². The minimum atomic E-state index is -0.234. The molecule has 2 fully saturated rings. The second-order valence-corrected chi connectivity index (χ2v) is 7.90. The van der Waals surface area contributed by atoms with E-state index in [0.717, 1.165) is 37.2 Å². The zero-order valence-corrected chi connectivity index (χ0v) is 15.9. The highest BCUT2D eigenvalue weighted by Gasteiger charge is 2.30. The summed E-state index contributed by atoms with van der Waals surface area (Å²) in [7, 11) is 1.83. The van der Waals surface area contributed by atoms with Crippen molar-refractivity contribution in [3.8, 4) is 0 Å². The van der Waals surface area contributed by atoms with Crippen molar-refractivity contribution in [2.75, 3.05) is 25.6 Å². The summed E-state index contributed by atoms with van der Waals surface area (Å²) < 4.78 is 19.9. The molecule has 1 aliphatic carbocycles. The molecule has 4 nitrogen and oxygen atoms in total. The molecule has 26 heavy (non-hydrogen) atoms. The summed E-state index contributed by atoms with van der Waals surface area (Å²) in [6.45, 7) is 3.65. The zero-order chi connectivity index (χ0) is 18.5. The zero-order valence-electron chi connectivity index (χ0n) is 15.9. The lowest BCUT2D eigenvalue weighted by molar-refractivity contribution is -0.119. The van der Waals surface area contributed by atoms with Crippen LogP contribution in [0.3, 0.4) is 0 Å². The number of likely N-dealkylation sites (N-methyl/N-ethyl adjacent to an activating group) is 1. The molecular formula is C21H31FN2O2. The van der Waals surface area contributed by atoms with Crippen LogP contribution < -0.4 is 10.6 Å². The maximum atomic E-state index is 14.6. The maximum Gasteiger partial charge on any atom is 0.241 e. The fourth-order valence-corrected chi connectivity index (χ4v) is 4.36. The fourth-order valence-electron chi connectivity index (χ4n) is 4.36. The summed E-state index contributed by atoms with van der Waals surface area (Å²) in [5, 5.41) is 6.07. The third-order valence-corrected chi connectivity index (χ3v) is 6.05. The van der Waals surface area contributed by atoms with Gasteiger partial charge in [-0.15, -0.1) is 0 Å². The molecule has 0 spiro atoms. The van der Waals surface area contributed by atoms with Crippen LogP contribution in [0.2, 0.25) is 0 Å². The Hall–Kier alpha value is -1.46. The van der Waals surface area contributed by atoms with Crippen molar-refractivity contribution in [2.24, 2.45) is 11.8 Å². The van der Waals surface area contributed by atoms with Crippen molar-refractivity contribution in [3.63, 3.8) is 0 Å². The number of carbonyl (C=O) groups is 1. The molecule has 1 saturated heterocycles. The van der Waals surface area contributed by atoms with Gasteiger partial charge in [0.2, 0.25) is 5.91 Å². The molecule has 0 radical (unpaired) electrons. The smallest absolute Gasteiger partial charge is 0.241 e. The lowest BCUT2D eigenvalue weighted by Gasteiger charge is -2.31. The van der Waals surface area contributed by atoms with Gasteiger partial charge in [0.05, 0.1) is 6.04 Å². The normalized spacial score (nSPS) is 25.7. The molecule has 0 bridgehead atoms. The van der Waals surface area contributed by atoms with Crippen molar-refractivity contribution in [1.82, 2.24) is 5.32 Å². The molecule has 1 aliphatic heterocycles. The molecule has 1 atom stereocenters. The highest BCUT2D eigenvalue weighted by molar-refractivity contribution is 5.95. The number of hydrogen-bond acceptors (Lipinski definition) is 3. The van der Waals surface area contributed by atoms with Crippen LogP contribution in [0.25, 0.3) is 0 Å². The van der Waals surface area contributed by atoms with Crippen LogP contribution in [-0.4, -0.2) is 32.2 Å². The molecule has 1 aromatic rings. The van der Waals surface area contributed by atoms with Gasteiger partial charge in [0.15, 0.2) is 0 Å². The number of halogens is 1. The Morgan fingerprint density at radius 3 is 2.46 bits per heavy atom. The second kappa shape index (κ2) is 8.96. The number of benzene rings is 1. The van der Waals surface area contributed by atoms with Gasteiger partial charge in [0.25, 0.3) is 0 Å². The number of amides is 1. The van der Waals surface area contributed by atoms with Gasteiger partial charge in [0.1, 0.15) is 5.82 Å². The van der Waals surface area contributed by atoms with E-state index >= 15 is 0 Å². The number of rotatable bonds is 5. The Bertz CT molecular complexity index is 608. The van der Waals surface area contributed by atoms with E-state index in [4.69, 9.17) is 4.74 Å². The number of carbonyl (C=O) groups excluding carboxylic acids is 1. The first-order valence-corrected chi connectivity index (χ1v) is 9.93. The van der Waals surface area contributed by atoms with E-state index in [9.17, 15) is 9.18 Å². The highest BCUT2D eigenvalue weighted by atomic mass is 19.1. The van der Waals surface area contributed by atoms with Crippen molar-refractivity contribution in [2.45, 2.75) is 57.4 Å². The molecule has 144 valence electrons. The molecule has 5 heteroatoms. The van der Waals surface area contributed by atoms with Crippen molar-refractivity contribution >= 4 is 11.6 Å². The van der Waals surface area contributed by atoms with Gasteiger partial charge >= 0.3 is 0 Å². The van der Waals surface area contributed by atoms with Gasteiger partial charge in [-0.1, -0.05) is 25.8 Å². The van der Waals surface area contributed by atoms with Crippen LogP contribution in [0.15, 0.2) is 18.2 Å². The Kier molecular flexibility index (Phi) is 6.65. The molecule has 1 amide bonds. The standard InChI is InChI=1S/C21H31FN2O2/c1-14-3-5-16(6-4-14)20(23-2)21(25)24-17-7-8-18(19(22)13-17)15-9-11-26-12-10-15/h7-8,13-16,20,23H,3-6,9-12H2,1-2H3,(H,24,25). The van der Waals surface area contributed by atoms with Crippen LogP contribution >= 0.6 is 0 Å². The lowest BCUT2D eigenvalue weighted by atomic mass is 9.79. The summed E-state index contributed by atoms with van der Waals surface area (Å²) in [6, 6.07) is 4.87. The van der Waals surface area contributed by atoms with E-state index in [2.05, 4.69) is 17.6 Å². The molecule has 1 aromatic carbocycles. The van der Waals surface area contributed by atoms with E-state index in [1.165, 1.54) is 18.9 Å². The van der Waals surface area contributed by atoms with Gasteiger partial charge in [-0.3, -0.25) is 4.79 Å². The maximum absolute atomic E-state index is 14.6. The fraction of sp³-hybridized carbons (Fsp3) is 0.667. The first-order chi connectivity index (χ1) is 12.6. The van der Waals surface area contributed by atoms with E-state index in [0.29, 0.717) is 24.8 Å². The van der Waals surface area contributed by atoms with Gasteiger partial charge in [-0.05, 0) is 68.2 Å². The first kappa shape index (κ1) is 19.3. The van der Waals surface area contributed by atoms with E-state index in [-0.39, 0.29) is 23.7 Å². The van der Waals surface area contributed by atoms with Crippen molar-refractivity contribution in [1.29, 1.82) is 0 Å².